The zero-order valence-electron chi connectivity index (χ0n) is 9.75. The highest BCUT2D eigenvalue weighted by molar-refractivity contribution is 6.30. The Kier molecular flexibility index (Phi) is 2.89. The number of nitrogens with zero attached hydrogens (tertiary/aromatic N) is 3. The van der Waals surface area contributed by atoms with E-state index < -0.39 is 0 Å². The molecule has 0 spiro atoms. The van der Waals surface area contributed by atoms with E-state index in [9.17, 15) is 0 Å². The molecule has 5 nitrogen and oxygen atoms in total. The molecule has 0 saturated carbocycles. The largest absolute Gasteiger partial charge is 0.380 e. The number of nitrogens with two attached hydrogens (primary N) is 1. The number of hydrogen-bond acceptors (Lipinski definition) is 5. The first-order chi connectivity index (χ1) is 9.25. The molecule has 0 aliphatic rings. The Morgan fingerprint density at radius 2 is 1.89 bits per heavy atom. The normalized spacial score (nSPS) is 10.6. The van der Waals surface area contributed by atoms with Crippen LogP contribution in [0.25, 0.3) is 22.7 Å². The molecule has 0 aliphatic heterocycles. The molecule has 2 N–H and O–H groups in total. The topological polar surface area (TPSA) is 77.8 Å². The van der Waals surface area contributed by atoms with Gasteiger partial charge in [0.2, 0.25) is 5.76 Å². The lowest BCUT2D eigenvalue weighted by atomic mass is 10.1. The van der Waals surface area contributed by atoms with Gasteiger partial charge in [-0.25, -0.2) is 9.97 Å². The summed E-state index contributed by atoms with van der Waals surface area (Å²) in [7, 11) is 0. The van der Waals surface area contributed by atoms with Crippen molar-refractivity contribution < 1.29 is 4.52 Å². The standard InChI is InChI=1S/C13H9ClN4O/c14-9-4-1-3-8(7-9)10-11(19-18-12(10)15)13-16-5-2-6-17-13/h1-7H,(H2,15,18). The lowest BCUT2D eigenvalue weighted by molar-refractivity contribution is 0.433. The molecule has 0 saturated heterocycles. The number of halogens is 1. The lowest BCUT2D eigenvalue weighted by Gasteiger charge is -2.02. The number of benzene rings is 1. The number of aromatic nitrogens is 3. The van der Waals surface area contributed by atoms with Gasteiger partial charge in [-0.1, -0.05) is 28.9 Å². The van der Waals surface area contributed by atoms with Gasteiger partial charge in [0.15, 0.2) is 11.6 Å². The summed E-state index contributed by atoms with van der Waals surface area (Å²) in [6, 6.07) is 9.01. The van der Waals surface area contributed by atoms with Crippen molar-refractivity contribution in [3.8, 4) is 22.7 Å². The maximum Gasteiger partial charge on any atom is 0.214 e. The van der Waals surface area contributed by atoms with Gasteiger partial charge in [0, 0.05) is 17.4 Å². The predicted octanol–water partition coefficient (Wildman–Crippen LogP) is 3.03. The van der Waals surface area contributed by atoms with Gasteiger partial charge in [-0.05, 0) is 23.8 Å². The van der Waals surface area contributed by atoms with Gasteiger partial charge in [-0.15, -0.1) is 0 Å². The third kappa shape index (κ3) is 2.15. The van der Waals surface area contributed by atoms with Crippen LogP contribution in [-0.2, 0) is 0 Å². The van der Waals surface area contributed by atoms with Crippen LogP contribution in [0.5, 0.6) is 0 Å². The summed E-state index contributed by atoms with van der Waals surface area (Å²) in [5, 5.41) is 4.39. The van der Waals surface area contributed by atoms with E-state index in [1.165, 1.54) is 0 Å². The van der Waals surface area contributed by atoms with Gasteiger partial charge < -0.3 is 10.3 Å². The van der Waals surface area contributed by atoms with Gasteiger partial charge in [0.1, 0.15) is 0 Å². The van der Waals surface area contributed by atoms with Gasteiger partial charge in [-0.3, -0.25) is 0 Å². The highest BCUT2D eigenvalue weighted by atomic mass is 35.5. The maximum atomic E-state index is 5.99. The number of hydrogen-bond donors (Lipinski definition) is 1. The molecular weight excluding hydrogens is 264 g/mol. The molecule has 6 heteroatoms. The van der Waals surface area contributed by atoms with Crippen molar-refractivity contribution in [2.45, 2.75) is 0 Å². The smallest absolute Gasteiger partial charge is 0.214 e. The molecule has 0 amide bonds. The second-order valence-electron chi connectivity index (χ2n) is 3.85. The summed E-state index contributed by atoms with van der Waals surface area (Å²) < 4.78 is 5.23. The summed E-state index contributed by atoms with van der Waals surface area (Å²) in [6.07, 6.45) is 3.26. The van der Waals surface area contributed by atoms with E-state index in [-0.39, 0.29) is 5.82 Å². The Morgan fingerprint density at radius 1 is 1.11 bits per heavy atom. The minimum absolute atomic E-state index is 0.282. The van der Waals surface area contributed by atoms with E-state index in [1.807, 2.05) is 12.1 Å². The molecule has 94 valence electrons. The first-order valence-electron chi connectivity index (χ1n) is 5.54. The molecular formula is C13H9ClN4O. The molecule has 0 atom stereocenters. The summed E-state index contributed by atoms with van der Waals surface area (Å²) in [5.74, 6) is 1.15. The van der Waals surface area contributed by atoms with Crippen molar-refractivity contribution >= 4 is 17.4 Å². The molecule has 2 heterocycles. The van der Waals surface area contributed by atoms with Gasteiger partial charge in [0.25, 0.3) is 0 Å². The van der Waals surface area contributed by atoms with E-state index in [0.29, 0.717) is 22.2 Å². The zero-order chi connectivity index (χ0) is 13.2. The molecule has 0 aliphatic carbocycles. The number of anilines is 1. The third-order valence-corrected chi connectivity index (χ3v) is 2.84. The first kappa shape index (κ1) is 11.7. The average molecular weight is 273 g/mol. The fraction of sp³-hybridized carbons (Fsp3) is 0. The van der Waals surface area contributed by atoms with Crippen LogP contribution in [0.2, 0.25) is 5.02 Å². The van der Waals surface area contributed by atoms with Crippen molar-refractivity contribution in [3.63, 3.8) is 0 Å². The van der Waals surface area contributed by atoms with Crippen LogP contribution in [0, 0.1) is 0 Å². The molecule has 0 radical (unpaired) electrons. The second-order valence-corrected chi connectivity index (χ2v) is 4.29. The molecule has 0 bridgehead atoms. The lowest BCUT2D eigenvalue weighted by Crippen LogP contribution is -1.91. The van der Waals surface area contributed by atoms with Crippen LogP contribution in [0.3, 0.4) is 0 Å². The average Bonchev–Trinajstić information content (AvgIpc) is 2.82. The Hall–Kier alpha value is -2.40. The molecule has 3 aromatic rings. The number of nitrogen functional groups attached to an aromatic ring is 1. The molecule has 3 rings (SSSR count). The molecule has 1 aromatic carbocycles. The quantitative estimate of drug-likeness (QED) is 0.776. The SMILES string of the molecule is Nc1noc(-c2ncccn2)c1-c1cccc(Cl)c1. The molecule has 0 fully saturated rings. The Balaban J connectivity index is 2.20. The molecule has 2 aromatic heterocycles. The first-order valence-corrected chi connectivity index (χ1v) is 5.92. The van der Waals surface area contributed by atoms with E-state index in [1.54, 1.807) is 30.6 Å². The van der Waals surface area contributed by atoms with E-state index in [4.69, 9.17) is 21.9 Å². The Bertz CT molecular complexity index is 712. The van der Waals surface area contributed by atoms with Gasteiger partial charge in [-0.2, -0.15) is 0 Å². The monoisotopic (exact) mass is 272 g/mol. The van der Waals surface area contributed by atoms with Crippen molar-refractivity contribution in [2.24, 2.45) is 0 Å². The van der Waals surface area contributed by atoms with E-state index >= 15 is 0 Å². The van der Waals surface area contributed by atoms with E-state index in [0.717, 1.165) is 5.56 Å². The highest BCUT2D eigenvalue weighted by Gasteiger charge is 2.19. The van der Waals surface area contributed by atoms with Crippen molar-refractivity contribution in [1.29, 1.82) is 0 Å². The predicted molar refractivity (Wildman–Crippen MR) is 72.4 cm³/mol. The molecule has 0 unspecified atom stereocenters. The highest BCUT2D eigenvalue weighted by Crippen LogP contribution is 2.35. The van der Waals surface area contributed by atoms with Crippen LogP contribution in [0.4, 0.5) is 5.82 Å². The number of rotatable bonds is 2. The minimum Gasteiger partial charge on any atom is -0.380 e. The Morgan fingerprint density at radius 3 is 2.63 bits per heavy atom. The van der Waals surface area contributed by atoms with Crippen LogP contribution < -0.4 is 5.73 Å². The van der Waals surface area contributed by atoms with Crippen LogP contribution >= 0.6 is 11.6 Å². The van der Waals surface area contributed by atoms with Gasteiger partial charge >= 0.3 is 0 Å². The summed E-state index contributed by atoms with van der Waals surface area (Å²) in [4.78, 5) is 8.28. The zero-order valence-corrected chi connectivity index (χ0v) is 10.5. The fourth-order valence-electron chi connectivity index (χ4n) is 1.79. The minimum atomic E-state index is 0.282. The summed E-state index contributed by atoms with van der Waals surface area (Å²) in [5.41, 5.74) is 7.32. The third-order valence-electron chi connectivity index (χ3n) is 2.60. The van der Waals surface area contributed by atoms with Gasteiger partial charge in [0.05, 0.1) is 5.56 Å². The molecule has 19 heavy (non-hydrogen) atoms. The van der Waals surface area contributed by atoms with Crippen LogP contribution in [0.1, 0.15) is 0 Å². The van der Waals surface area contributed by atoms with Crippen molar-refractivity contribution in [1.82, 2.24) is 15.1 Å². The maximum absolute atomic E-state index is 5.99. The summed E-state index contributed by atoms with van der Waals surface area (Å²) >= 11 is 5.99. The van der Waals surface area contributed by atoms with Crippen molar-refractivity contribution in [2.75, 3.05) is 5.73 Å². The summed E-state index contributed by atoms with van der Waals surface area (Å²) in [6.45, 7) is 0. The Labute approximate surface area is 114 Å². The van der Waals surface area contributed by atoms with E-state index in [2.05, 4.69) is 15.1 Å². The van der Waals surface area contributed by atoms with Crippen LogP contribution in [-0.4, -0.2) is 15.1 Å². The van der Waals surface area contributed by atoms with Crippen molar-refractivity contribution in [3.05, 3.63) is 47.7 Å². The van der Waals surface area contributed by atoms with Crippen LogP contribution in [0.15, 0.2) is 47.2 Å². The second kappa shape index (κ2) is 4.70. The fourth-order valence-corrected chi connectivity index (χ4v) is 1.98.